The van der Waals surface area contributed by atoms with Crippen LogP contribution >= 0.6 is 20.6 Å². The first-order chi connectivity index (χ1) is 13.1. The van der Waals surface area contributed by atoms with E-state index < -0.39 is 20.0 Å². The lowest BCUT2D eigenvalue weighted by Gasteiger charge is -2.14. The molecular weight excluding hydrogens is 422 g/mol. The Hall–Kier alpha value is -1.59. The fourth-order valence-corrected chi connectivity index (χ4v) is 6.75. The summed E-state index contributed by atoms with van der Waals surface area (Å²) in [6.45, 7) is 0. The number of hydrogen-bond donors (Lipinski definition) is 0. The molecule has 0 aromatic heterocycles. The number of halogens is 1. The quantitative estimate of drug-likeness (QED) is 0.475. The van der Waals surface area contributed by atoms with Gasteiger partial charge in [0.1, 0.15) is 13.8 Å². The fourth-order valence-electron chi connectivity index (χ4n) is 2.45. The van der Waals surface area contributed by atoms with Crippen molar-refractivity contribution in [2.75, 3.05) is 38.0 Å². The number of hydrogen-bond acceptors (Lipinski definition) is 8. The van der Waals surface area contributed by atoms with Crippen LogP contribution in [0.1, 0.15) is 11.1 Å². The fraction of sp³-hybridized carbons (Fsp3) is 0.222. The van der Waals surface area contributed by atoms with Crippen LogP contribution in [0.4, 0.5) is 11.4 Å². The van der Waals surface area contributed by atoms with Crippen molar-refractivity contribution in [3.8, 4) is 0 Å². The first-order valence-electron chi connectivity index (χ1n) is 8.18. The van der Waals surface area contributed by atoms with Gasteiger partial charge in [-0.2, -0.15) is 14.0 Å². The first kappa shape index (κ1) is 21.1. The molecule has 0 saturated carbocycles. The van der Waals surface area contributed by atoms with Crippen LogP contribution in [0.3, 0.4) is 0 Å². The summed E-state index contributed by atoms with van der Waals surface area (Å²) in [5.74, 6) is 0. The molecule has 2 aromatic carbocycles. The van der Waals surface area contributed by atoms with E-state index in [1.807, 2.05) is 86.5 Å². The number of benzene rings is 2. The first-order valence-corrected chi connectivity index (χ1v) is 11.9. The molecule has 1 unspecified atom stereocenters. The zero-order valence-corrected chi connectivity index (χ0v) is 18.2. The molecule has 0 spiro atoms. The van der Waals surface area contributed by atoms with E-state index in [0.29, 0.717) is 15.6 Å². The molecule has 7 nitrogen and oxygen atoms in total. The van der Waals surface area contributed by atoms with E-state index >= 15 is 0 Å². The monoisotopic (exact) mass is 441 g/mol. The van der Waals surface area contributed by atoms with Crippen molar-refractivity contribution >= 4 is 42.0 Å². The highest BCUT2D eigenvalue weighted by Crippen LogP contribution is 2.45. The van der Waals surface area contributed by atoms with Gasteiger partial charge in [-0.25, -0.2) is 4.99 Å². The highest BCUT2D eigenvalue weighted by Gasteiger charge is 2.33. The molecule has 0 radical (unpaired) electrons. The van der Waals surface area contributed by atoms with Gasteiger partial charge in [-0.05, 0) is 24.3 Å². The number of rotatable bonds is 6. The smallest absolute Gasteiger partial charge is 0.200 e. The van der Waals surface area contributed by atoms with Gasteiger partial charge >= 0.3 is 0 Å². The normalized spacial score (nSPS) is 16.9. The third-order valence-corrected chi connectivity index (χ3v) is 8.13. The SMILES string of the molecule is CN(C)c1ccc(C2=NC(c3ccc(N(C)C)cc3)=S(O[Cl+3]([O-])([O-])[O-])S2)cc1. The van der Waals surface area contributed by atoms with Gasteiger partial charge in [0.25, 0.3) is 0 Å². The van der Waals surface area contributed by atoms with Gasteiger partial charge in [0.15, 0.2) is 0 Å². The Bertz CT molecular complexity index is 908. The maximum atomic E-state index is 11.2. The summed E-state index contributed by atoms with van der Waals surface area (Å²) in [6.07, 6.45) is 0. The van der Waals surface area contributed by atoms with Crippen LogP contribution in [-0.4, -0.2) is 38.2 Å². The molecular formula is C18H20ClN3O4S2. The van der Waals surface area contributed by atoms with Crippen LogP contribution in [0.5, 0.6) is 0 Å². The standard InChI is InChI=1S/C18H20ClN3O4S2/c1-21(2)15-9-5-13(6-10-15)17-20-18(28(27-17)26-19(23,24)25)14-7-11-16(12-8-14)22(3)4/h5-12H,1-4H3. The average molecular weight is 442 g/mol. The van der Waals surface area contributed by atoms with Gasteiger partial charge in [-0.3, -0.25) is 0 Å². The van der Waals surface area contributed by atoms with Crippen molar-refractivity contribution in [1.29, 1.82) is 0 Å². The zero-order chi connectivity index (χ0) is 20.5. The summed E-state index contributed by atoms with van der Waals surface area (Å²) < 4.78 is 38.3. The molecule has 0 bridgehead atoms. The predicted molar refractivity (Wildman–Crippen MR) is 108 cm³/mol. The largest absolute Gasteiger partial charge is 0.378 e. The van der Waals surface area contributed by atoms with Gasteiger partial charge in [-0.15, -0.1) is 0 Å². The highest BCUT2D eigenvalue weighted by atomic mass is 35.7. The summed E-state index contributed by atoms with van der Waals surface area (Å²) in [6, 6.07) is 15.2. The van der Waals surface area contributed by atoms with E-state index in [0.717, 1.165) is 27.7 Å². The lowest BCUT2D eigenvalue weighted by atomic mass is 10.2. The van der Waals surface area contributed by atoms with Crippen LogP contribution in [0.15, 0.2) is 53.5 Å². The van der Waals surface area contributed by atoms with Crippen molar-refractivity contribution in [3.05, 3.63) is 59.7 Å². The maximum absolute atomic E-state index is 11.2. The zero-order valence-electron chi connectivity index (χ0n) is 15.8. The Labute approximate surface area is 172 Å². The molecule has 10 heteroatoms. The van der Waals surface area contributed by atoms with Gasteiger partial charge < -0.3 is 9.80 Å². The van der Waals surface area contributed by atoms with Crippen molar-refractivity contribution < 1.29 is 28.0 Å². The lowest BCUT2D eigenvalue weighted by molar-refractivity contribution is -1.91. The van der Waals surface area contributed by atoms with Crippen molar-refractivity contribution in [1.82, 2.24) is 0 Å². The summed E-state index contributed by atoms with van der Waals surface area (Å²) in [7, 11) is 2.96. The molecule has 2 aromatic rings. The van der Waals surface area contributed by atoms with Gasteiger partial charge in [-0.1, -0.05) is 24.3 Å². The second kappa shape index (κ2) is 8.42. The molecule has 0 aliphatic carbocycles. The number of aliphatic imine (C=N–C) groups is 1. The second-order valence-electron chi connectivity index (χ2n) is 6.36. The molecule has 1 aliphatic heterocycles. The average Bonchev–Trinajstić information content (AvgIpc) is 3.03. The summed E-state index contributed by atoms with van der Waals surface area (Å²) in [5, 5.41) is 0.610. The highest BCUT2D eigenvalue weighted by molar-refractivity contribution is 8.87. The topological polar surface area (TPSA) is 97.2 Å². The van der Waals surface area contributed by atoms with Crippen molar-refractivity contribution in [2.45, 2.75) is 0 Å². The molecule has 1 heterocycles. The van der Waals surface area contributed by atoms with Crippen molar-refractivity contribution in [3.63, 3.8) is 0 Å². The summed E-state index contributed by atoms with van der Waals surface area (Å²) in [4.78, 5) is 8.95. The van der Waals surface area contributed by atoms with E-state index in [1.54, 1.807) is 0 Å². The third-order valence-electron chi connectivity index (χ3n) is 3.91. The Balaban J connectivity index is 1.95. The lowest BCUT2D eigenvalue weighted by Crippen LogP contribution is -2.60. The van der Waals surface area contributed by atoms with Crippen LogP contribution in [0, 0.1) is 10.2 Å². The molecule has 1 aliphatic rings. The van der Waals surface area contributed by atoms with Gasteiger partial charge in [0, 0.05) is 61.5 Å². The van der Waals surface area contributed by atoms with E-state index in [9.17, 15) is 14.0 Å². The maximum Gasteiger partial charge on any atom is 0.200 e. The molecule has 3 rings (SSSR count). The Morgan fingerprint density at radius 2 is 1.29 bits per heavy atom. The van der Waals surface area contributed by atoms with Gasteiger partial charge in [0.2, 0.25) is 9.80 Å². The Morgan fingerprint density at radius 3 is 1.71 bits per heavy atom. The van der Waals surface area contributed by atoms with E-state index in [2.05, 4.69) is 4.99 Å². The third kappa shape index (κ3) is 5.06. The minimum absolute atomic E-state index is 0.425. The molecule has 0 amide bonds. The van der Waals surface area contributed by atoms with Crippen LogP contribution in [0.25, 0.3) is 0 Å². The molecule has 1 atom stereocenters. The van der Waals surface area contributed by atoms with E-state index in [4.69, 9.17) is 3.74 Å². The van der Waals surface area contributed by atoms with Crippen molar-refractivity contribution in [2.24, 2.45) is 4.99 Å². The molecule has 0 saturated heterocycles. The Morgan fingerprint density at radius 1 is 0.821 bits per heavy atom. The molecule has 28 heavy (non-hydrogen) atoms. The van der Waals surface area contributed by atoms with Gasteiger partial charge in [0.05, 0.1) is 10.2 Å². The molecule has 0 N–H and O–H groups in total. The van der Waals surface area contributed by atoms with E-state index in [-0.39, 0.29) is 0 Å². The number of anilines is 2. The van der Waals surface area contributed by atoms with Crippen LogP contribution < -0.4 is 23.8 Å². The Kier molecular flexibility index (Phi) is 6.35. The second-order valence-corrected chi connectivity index (χ2v) is 10.4. The summed E-state index contributed by atoms with van der Waals surface area (Å²) in [5.41, 5.74) is 3.57. The van der Waals surface area contributed by atoms with E-state index in [1.165, 1.54) is 0 Å². The number of nitrogens with zero attached hydrogens (tertiary/aromatic N) is 3. The predicted octanol–water partition coefficient (Wildman–Crippen LogP) is 0.503. The molecule has 150 valence electrons. The minimum atomic E-state index is -4.57. The molecule has 0 fully saturated rings. The summed E-state index contributed by atoms with van der Waals surface area (Å²) >= 11 is 0. The van der Waals surface area contributed by atoms with Crippen LogP contribution in [0.2, 0.25) is 0 Å². The minimum Gasteiger partial charge on any atom is -0.378 e. The van der Waals surface area contributed by atoms with Crippen LogP contribution in [-0.2, 0) is 3.74 Å².